The number of aromatic nitrogens is 3. The Balaban J connectivity index is 1.48. The van der Waals surface area contributed by atoms with Crippen LogP contribution in [0.4, 0.5) is 5.95 Å². The van der Waals surface area contributed by atoms with E-state index in [-0.39, 0.29) is 0 Å². The summed E-state index contributed by atoms with van der Waals surface area (Å²) in [6, 6.07) is 8.59. The van der Waals surface area contributed by atoms with Crippen molar-refractivity contribution < 1.29 is 4.79 Å². The summed E-state index contributed by atoms with van der Waals surface area (Å²) in [6.07, 6.45) is 6.43. The molecule has 1 aromatic heterocycles. The summed E-state index contributed by atoms with van der Waals surface area (Å²) in [7, 11) is 0. The van der Waals surface area contributed by atoms with Crippen molar-refractivity contribution >= 4 is 23.6 Å². The van der Waals surface area contributed by atoms with Gasteiger partial charge in [0, 0.05) is 38.4 Å². The number of anilines is 1. The third-order valence-electron chi connectivity index (χ3n) is 5.52. The van der Waals surface area contributed by atoms with E-state index >= 15 is 0 Å². The van der Waals surface area contributed by atoms with Crippen molar-refractivity contribution in [3.8, 4) is 5.69 Å². The summed E-state index contributed by atoms with van der Waals surface area (Å²) < 4.78 is 2.20. The maximum Gasteiger partial charge on any atom is 0.232 e. The van der Waals surface area contributed by atoms with Crippen LogP contribution in [0.1, 0.15) is 44.1 Å². The molecular formula is C21H29N5OS. The summed E-state index contributed by atoms with van der Waals surface area (Å²) in [4.78, 5) is 16.1. The minimum atomic E-state index is 0.306. The Labute approximate surface area is 171 Å². The van der Waals surface area contributed by atoms with Gasteiger partial charge in [-0.2, -0.15) is 0 Å². The topological polar surface area (TPSA) is 54.3 Å². The summed E-state index contributed by atoms with van der Waals surface area (Å²) in [5.41, 5.74) is 2.37. The van der Waals surface area contributed by atoms with Crippen molar-refractivity contribution in [1.29, 1.82) is 0 Å². The Kier molecular flexibility index (Phi) is 6.20. The molecule has 2 aromatic rings. The lowest BCUT2D eigenvalue weighted by atomic mass is 10.1. The SMILES string of the molecule is Cc1ccc(-n2c(SCCCN3CCCC3=O)nnc2N2CCCCC2)cc1. The first-order valence-corrected chi connectivity index (χ1v) is 11.4. The van der Waals surface area contributed by atoms with E-state index < -0.39 is 0 Å². The molecule has 2 saturated heterocycles. The van der Waals surface area contributed by atoms with Crippen LogP contribution in [-0.2, 0) is 4.79 Å². The zero-order valence-corrected chi connectivity index (χ0v) is 17.5. The van der Waals surface area contributed by atoms with Gasteiger partial charge in [0.1, 0.15) is 0 Å². The van der Waals surface area contributed by atoms with Crippen LogP contribution in [0.15, 0.2) is 29.4 Å². The number of hydrogen-bond acceptors (Lipinski definition) is 5. The van der Waals surface area contributed by atoms with Crippen molar-refractivity contribution in [2.75, 3.05) is 36.8 Å². The van der Waals surface area contributed by atoms with Crippen LogP contribution < -0.4 is 4.90 Å². The number of hydrogen-bond donors (Lipinski definition) is 0. The predicted octanol–water partition coefficient (Wildman–Crippen LogP) is 3.67. The highest BCUT2D eigenvalue weighted by molar-refractivity contribution is 7.99. The van der Waals surface area contributed by atoms with Crippen LogP contribution in [0.2, 0.25) is 0 Å². The number of benzene rings is 1. The highest BCUT2D eigenvalue weighted by Gasteiger charge is 2.22. The third kappa shape index (κ3) is 4.35. The van der Waals surface area contributed by atoms with E-state index in [0.29, 0.717) is 12.3 Å². The normalized spacial score (nSPS) is 17.5. The number of nitrogens with zero attached hydrogens (tertiary/aromatic N) is 5. The molecule has 2 aliphatic rings. The van der Waals surface area contributed by atoms with Crippen LogP contribution in [0.5, 0.6) is 0 Å². The lowest BCUT2D eigenvalue weighted by Crippen LogP contribution is -2.31. The van der Waals surface area contributed by atoms with E-state index in [1.807, 2.05) is 4.90 Å². The van der Waals surface area contributed by atoms with Crippen LogP contribution >= 0.6 is 11.8 Å². The average molecular weight is 400 g/mol. The first kappa shape index (κ1) is 19.3. The van der Waals surface area contributed by atoms with E-state index in [2.05, 4.69) is 50.9 Å². The molecule has 2 aliphatic heterocycles. The van der Waals surface area contributed by atoms with Crippen molar-refractivity contribution in [3.63, 3.8) is 0 Å². The van der Waals surface area contributed by atoms with Crippen molar-refractivity contribution in [3.05, 3.63) is 29.8 Å². The fourth-order valence-corrected chi connectivity index (χ4v) is 4.80. The number of amides is 1. The van der Waals surface area contributed by atoms with E-state index in [1.165, 1.54) is 24.8 Å². The molecule has 0 radical (unpaired) electrons. The molecule has 0 bridgehead atoms. The molecule has 1 amide bonds. The molecule has 0 aliphatic carbocycles. The molecule has 0 atom stereocenters. The number of aryl methyl sites for hydroxylation is 1. The molecule has 0 N–H and O–H groups in total. The molecule has 0 saturated carbocycles. The number of carbonyl (C=O) groups excluding carboxylic acids is 1. The molecule has 2 fully saturated rings. The summed E-state index contributed by atoms with van der Waals surface area (Å²) in [5, 5.41) is 10.0. The summed E-state index contributed by atoms with van der Waals surface area (Å²) in [5.74, 6) is 2.20. The second kappa shape index (κ2) is 8.99. The van der Waals surface area contributed by atoms with Crippen molar-refractivity contribution in [2.45, 2.75) is 50.6 Å². The second-order valence-corrected chi connectivity index (χ2v) is 8.75. The second-order valence-electron chi connectivity index (χ2n) is 7.69. The summed E-state index contributed by atoms with van der Waals surface area (Å²) in [6.45, 7) is 5.97. The van der Waals surface area contributed by atoms with Gasteiger partial charge in [-0.1, -0.05) is 29.5 Å². The quantitative estimate of drug-likeness (QED) is 0.525. The Morgan fingerprint density at radius 2 is 1.79 bits per heavy atom. The third-order valence-corrected chi connectivity index (χ3v) is 6.54. The standard InChI is InChI=1S/C21H29N5OS/c1-17-8-10-18(11-9-17)26-20(25-12-3-2-4-13-25)22-23-21(26)28-16-6-15-24-14-5-7-19(24)27/h8-11H,2-7,12-16H2,1H3. The van der Waals surface area contributed by atoms with Gasteiger partial charge in [-0.25, -0.2) is 0 Å². The van der Waals surface area contributed by atoms with Crippen molar-refractivity contribution in [1.82, 2.24) is 19.7 Å². The molecule has 4 rings (SSSR count). The molecule has 6 nitrogen and oxygen atoms in total. The number of piperidine rings is 1. The average Bonchev–Trinajstić information content (AvgIpc) is 3.33. The molecule has 150 valence electrons. The van der Waals surface area contributed by atoms with E-state index in [4.69, 9.17) is 0 Å². The van der Waals surface area contributed by atoms with E-state index in [0.717, 1.165) is 61.6 Å². The smallest absolute Gasteiger partial charge is 0.232 e. The molecule has 3 heterocycles. The van der Waals surface area contributed by atoms with Gasteiger partial charge in [-0.15, -0.1) is 10.2 Å². The lowest BCUT2D eigenvalue weighted by Gasteiger charge is -2.27. The lowest BCUT2D eigenvalue weighted by molar-refractivity contribution is -0.127. The van der Waals surface area contributed by atoms with Gasteiger partial charge in [0.25, 0.3) is 0 Å². The van der Waals surface area contributed by atoms with Crippen LogP contribution in [-0.4, -0.2) is 57.5 Å². The first-order chi connectivity index (χ1) is 13.7. The Hall–Kier alpha value is -2.02. The maximum atomic E-state index is 11.8. The molecular weight excluding hydrogens is 370 g/mol. The van der Waals surface area contributed by atoms with Gasteiger partial charge >= 0.3 is 0 Å². The van der Waals surface area contributed by atoms with Gasteiger partial charge in [0.15, 0.2) is 5.16 Å². The minimum absolute atomic E-state index is 0.306. The molecule has 0 unspecified atom stereocenters. The number of likely N-dealkylation sites (tertiary alicyclic amines) is 1. The van der Waals surface area contributed by atoms with Gasteiger partial charge in [-0.3, -0.25) is 9.36 Å². The predicted molar refractivity (Wildman–Crippen MR) is 113 cm³/mol. The first-order valence-electron chi connectivity index (χ1n) is 10.4. The fourth-order valence-electron chi connectivity index (χ4n) is 3.93. The Morgan fingerprint density at radius 1 is 1.00 bits per heavy atom. The zero-order valence-electron chi connectivity index (χ0n) is 16.6. The van der Waals surface area contributed by atoms with E-state index in [9.17, 15) is 4.79 Å². The van der Waals surface area contributed by atoms with Gasteiger partial charge in [0.05, 0.1) is 5.69 Å². The zero-order chi connectivity index (χ0) is 19.3. The van der Waals surface area contributed by atoms with Gasteiger partial charge < -0.3 is 9.80 Å². The molecule has 0 spiro atoms. The highest BCUT2D eigenvalue weighted by atomic mass is 32.2. The monoisotopic (exact) mass is 399 g/mol. The Bertz CT molecular complexity index is 798. The van der Waals surface area contributed by atoms with Crippen molar-refractivity contribution in [2.24, 2.45) is 0 Å². The number of carbonyl (C=O) groups is 1. The van der Waals surface area contributed by atoms with E-state index in [1.54, 1.807) is 11.8 Å². The minimum Gasteiger partial charge on any atom is -0.343 e. The molecule has 7 heteroatoms. The fraction of sp³-hybridized carbons (Fsp3) is 0.571. The molecule has 28 heavy (non-hydrogen) atoms. The van der Waals surface area contributed by atoms with Gasteiger partial charge in [-0.05, 0) is 51.2 Å². The van der Waals surface area contributed by atoms with Crippen LogP contribution in [0.25, 0.3) is 5.69 Å². The van der Waals surface area contributed by atoms with Crippen LogP contribution in [0, 0.1) is 6.92 Å². The highest BCUT2D eigenvalue weighted by Crippen LogP contribution is 2.29. The molecule has 1 aromatic carbocycles. The largest absolute Gasteiger partial charge is 0.343 e. The maximum absolute atomic E-state index is 11.8. The van der Waals surface area contributed by atoms with Crippen LogP contribution in [0.3, 0.4) is 0 Å². The summed E-state index contributed by atoms with van der Waals surface area (Å²) >= 11 is 1.74. The van der Waals surface area contributed by atoms with Gasteiger partial charge in [0.2, 0.25) is 11.9 Å². The number of thioether (sulfide) groups is 1. The number of rotatable bonds is 7. The Morgan fingerprint density at radius 3 is 2.50 bits per heavy atom.